The van der Waals surface area contributed by atoms with E-state index in [-0.39, 0.29) is 24.3 Å². The Morgan fingerprint density at radius 1 is 0.909 bits per heavy atom. The van der Waals surface area contributed by atoms with Crippen LogP contribution in [-0.2, 0) is 53.5 Å². The fourth-order valence-electron chi connectivity index (χ4n) is 3.87. The van der Waals surface area contributed by atoms with Gasteiger partial charge in [0.05, 0.1) is 59.4 Å². The lowest BCUT2D eigenvalue weighted by Gasteiger charge is -2.18. The van der Waals surface area contributed by atoms with E-state index >= 15 is 0 Å². The second-order valence-electron chi connectivity index (χ2n) is 10.0. The molecule has 0 spiro atoms. The molecule has 0 saturated heterocycles. The predicted molar refractivity (Wildman–Crippen MR) is 163 cm³/mol. The van der Waals surface area contributed by atoms with Gasteiger partial charge in [-0.3, -0.25) is 0 Å². The third-order valence-corrected chi connectivity index (χ3v) is 7.34. The highest BCUT2D eigenvalue weighted by atomic mass is 32.2. The zero-order valence-electron chi connectivity index (χ0n) is 26.9. The predicted octanol–water partition coefficient (Wildman–Crippen LogP) is 1.52. The smallest absolute Gasteiger partial charge is 0.411 e. The molecule has 16 heteroatoms. The number of carbonyl (C=O) groups excluding carboxylic acids is 2. The van der Waals surface area contributed by atoms with Gasteiger partial charge in [-0.15, -0.1) is 0 Å². The molecule has 0 fully saturated rings. The fourth-order valence-corrected chi connectivity index (χ4v) is 4.76. The van der Waals surface area contributed by atoms with Crippen LogP contribution in [0.3, 0.4) is 0 Å². The normalized spacial score (nSPS) is 11.4. The lowest BCUT2D eigenvalue weighted by molar-refractivity contribution is -0.716. The molecule has 2 aromatic rings. The Balaban J connectivity index is 2.14. The first-order chi connectivity index (χ1) is 21.1. The van der Waals surface area contributed by atoms with Crippen molar-refractivity contribution in [3.8, 4) is 0 Å². The lowest BCUT2D eigenvalue weighted by atomic mass is 10.4. The Kier molecular flexibility index (Phi) is 17.1. The maximum Gasteiger partial charge on any atom is 0.411 e. The monoisotopic (exact) mass is 646 g/mol. The molecule has 2 heterocycles. The lowest BCUT2D eigenvalue weighted by Crippen LogP contribution is -2.45. The number of likely N-dealkylation sites (N-methyl/N-ethyl adjacent to an activating group) is 2. The minimum Gasteiger partial charge on any atom is -0.438 e. The van der Waals surface area contributed by atoms with Gasteiger partial charge in [-0.2, -0.15) is 4.57 Å². The van der Waals surface area contributed by atoms with E-state index in [1.54, 1.807) is 52.2 Å². The van der Waals surface area contributed by atoms with Crippen LogP contribution < -0.4 is 10.1 Å². The maximum atomic E-state index is 13.5. The zero-order chi connectivity index (χ0) is 32.5. The Labute approximate surface area is 262 Å². The van der Waals surface area contributed by atoms with Gasteiger partial charge in [0.1, 0.15) is 6.54 Å². The number of thioether (sulfide) groups is 1. The summed E-state index contributed by atoms with van der Waals surface area (Å²) in [6, 6.07) is 1.79. The summed E-state index contributed by atoms with van der Waals surface area (Å²) in [6.07, 6.45) is 0.674. The highest BCUT2D eigenvalue weighted by molar-refractivity contribution is 7.98. The molecule has 0 aromatic carbocycles. The van der Waals surface area contributed by atoms with Crippen molar-refractivity contribution in [2.24, 2.45) is 7.05 Å². The number of hydrogen-bond donors (Lipinski definition) is 0. The summed E-state index contributed by atoms with van der Waals surface area (Å²) < 4.78 is 42.4. The van der Waals surface area contributed by atoms with E-state index in [0.29, 0.717) is 82.1 Å². The van der Waals surface area contributed by atoms with Crippen LogP contribution in [0, 0.1) is 0 Å². The summed E-state index contributed by atoms with van der Waals surface area (Å²) >= 11 is 1.22. The van der Waals surface area contributed by atoms with Gasteiger partial charge in [0.25, 0.3) is 0 Å². The number of carbonyl (C=O) groups is 2. The van der Waals surface area contributed by atoms with Crippen molar-refractivity contribution in [3.05, 3.63) is 22.6 Å². The van der Waals surface area contributed by atoms with E-state index in [9.17, 15) is 14.4 Å². The Morgan fingerprint density at radius 3 is 2.07 bits per heavy atom. The molecule has 0 N–H and O–H groups in total. The van der Waals surface area contributed by atoms with Gasteiger partial charge >= 0.3 is 22.9 Å². The second kappa shape index (κ2) is 20.2. The van der Waals surface area contributed by atoms with Gasteiger partial charge in [0.15, 0.2) is 23.7 Å². The van der Waals surface area contributed by atoms with E-state index in [4.69, 9.17) is 33.2 Å². The maximum absolute atomic E-state index is 13.5. The molecule has 0 aliphatic heterocycles. The highest BCUT2D eigenvalue weighted by Crippen LogP contribution is 2.17. The average Bonchev–Trinajstić information content (AvgIpc) is 3.42. The molecule has 0 unspecified atom stereocenters. The molecule has 0 atom stereocenters. The molecule has 0 saturated carbocycles. The quantitative estimate of drug-likeness (QED) is 0.0642. The van der Waals surface area contributed by atoms with E-state index < -0.39 is 12.2 Å². The van der Waals surface area contributed by atoms with Crippen molar-refractivity contribution in [1.29, 1.82) is 0 Å². The van der Waals surface area contributed by atoms with Crippen LogP contribution in [0.15, 0.2) is 22.2 Å². The van der Waals surface area contributed by atoms with Gasteiger partial charge < -0.3 is 47.5 Å². The SMILES string of the molecule is COCCOCCN(C)C(=O)OCSc1n(C)c(=O)c2c(ccn2COC(=O)N(C)CCOCCOC)[n+]1CCOC(C)C. The average molecular weight is 647 g/mol. The summed E-state index contributed by atoms with van der Waals surface area (Å²) in [5, 5.41) is 0.580. The van der Waals surface area contributed by atoms with E-state index in [2.05, 4.69) is 0 Å². The van der Waals surface area contributed by atoms with Crippen LogP contribution >= 0.6 is 11.8 Å². The number of ether oxygens (including phenoxy) is 7. The minimum atomic E-state index is -0.544. The van der Waals surface area contributed by atoms with Gasteiger partial charge in [-0.05, 0) is 13.8 Å². The van der Waals surface area contributed by atoms with E-state index in [0.717, 1.165) is 0 Å². The first kappa shape index (κ1) is 37.3. The Bertz CT molecular complexity index is 1220. The zero-order valence-corrected chi connectivity index (χ0v) is 27.8. The number of methoxy groups -OCH3 is 2. The molecule has 0 bridgehead atoms. The molecule has 250 valence electrons. The van der Waals surface area contributed by atoms with Crippen molar-refractivity contribution in [2.45, 2.75) is 38.4 Å². The molecule has 44 heavy (non-hydrogen) atoms. The molecule has 2 rings (SSSR count). The van der Waals surface area contributed by atoms with Crippen molar-refractivity contribution >= 4 is 35.0 Å². The first-order valence-corrected chi connectivity index (χ1v) is 15.4. The third kappa shape index (κ3) is 11.9. The van der Waals surface area contributed by atoms with Crippen molar-refractivity contribution < 1.29 is 47.3 Å². The molecule has 2 amide bonds. The van der Waals surface area contributed by atoms with E-state index in [1.165, 1.54) is 26.1 Å². The standard InChI is InChI=1S/C28H48N5O10S/c1-22(2)41-15-12-33-23-8-9-32(20-42-27(35)29(3)10-13-39-18-16-37-6)24(23)25(34)31(5)26(33)44-21-43-28(36)30(4)11-14-40-19-17-38-7/h8-9,22H,10-21H2,1-7H3/q+1. The van der Waals surface area contributed by atoms with E-state index in [1.807, 2.05) is 18.4 Å². The van der Waals surface area contributed by atoms with Crippen LogP contribution in [0.2, 0.25) is 0 Å². The summed E-state index contributed by atoms with van der Waals surface area (Å²) in [7, 11) is 8.07. The van der Waals surface area contributed by atoms with Crippen LogP contribution in [-0.4, -0.2) is 131 Å². The van der Waals surface area contributed by atoms with Crippen molar-refractivity contribution in [1.82, 2.24) is 18.9 Å². The number of aromatic nitrogens is 3. The molecule has 15 nitrogen and oxygen atoms in total. The fraction of sp³-hybridized carbons (Fsp3) is 0.714. The topological polar surface area (TPSA) is 136 Å². The summed E-state index contributed by atoms with van der Waals surface area (Å²) in [6.45, 7) is 7.81. The Morgan fingerprint density at radius 2 is 1.50 bits per heavy atom. The second-order valence-corrected chi connectivity index (χ2v) is 10.9. The van der Waals surface area contributed by atoms with Gasteiger partial charge in [-0.1, -0.05) is 0 Å². The summed E-state index contributed by atoms with van der Waals surface area (Å²) in [5.41, 5.74) is 0.710. The number of hydrogen-bond acceptors (Lipinski definition) is 11. The molecule has 0 aliphatic carbocycles. The van der Waals surface area contributed by atoms with Crippen LogP contribution in [0.1, 0.15) is 13.8 Å². The number of fused-ring (bicyclic) bond motifs is 1. The largest absolute Gasteiger partial charge is 0.438 e. The summed E-state index contributed by atoms with van der Waals surface area (Å²) in [5.74, 6) is -0.0165. The number of rotatable bonds is 21. The minimum absolute atomic E-state index is 0.0165. The van der Waals surface area contributed by atoms with Gasteiger partial charge in [-0.25, -0.2) is 19.0 Å². The van der Waals surface area contributed by atoms with Crippen molar-refractivity contribution in [2.75, 3.05) is 93.6 Å². The summed E-state index contributed by atoms with van der Waals surface area (Å²) in [4.78, 5) is 41.4. The third-order valence-electron chi connectivity index (χ3n) is 6.35. The molecule has 0 aliphatic rings. The van der Waals surface area contributed by atoms with Crippen molar-refractivity contribution in [3.63, 3.8) is 0 Å². The molecule has 0 radical (unpaired) electrons. The highest BCUT2D eigenvalue weighted by Gasteiger charge is 2.26. The van der Waals surface area contributed by atoms with Crippen LogP contribution in [0.4, 0.5) is 9.59 Å². The van der Waals surface area contributed by atoms with Gasteiger partial charge in [0.2, 0.25) is 0 Å². The van der Waals surface area contributed by atoms with Crippen LogP contribution in [0.25, 0.3) is 11.0 Å². The molecule has 2 aromatic heterocycles. The van der Waals surface area contributed by atoms with Crippen LogP contribution in [0.5, 0.6) is 0 Å². The number of nitrogens with zero attached hydrogens (tertiary/aromatic N) is 5. The molecular weight excluding hydrogens is 598 g/mol. The first-order valence-electron chi connectivity index (χ1n) is 14.4. The van der Waals surface area contributed by atoms with Gasteiger partial charge in [0, 0.05) is 65.4 Å². The molecular formula is C28H48N5O10S+. The number of amides is 2. The Hall–Kier alpha value is -2.89.